The van der Waals surface area contributed by atoms with E-state index in [-0.39, 0.29) is 17.8 Å². The maximum absolute atomic E-state index is 12.3. The molecule has 1 fully saturated rings. The first-order chi connectivity index (χ1) is 10.2. The lowest BCUT2D eigenvalue weighted by molar-refractivity contribution is -0.0277. The molecule has 3 rings (SSSR count). The van der Waals surface area contributed by atoms with Gasteiger partial charge in [-0.05, 0) is 6.92 Å². The quantitative estimate of drug-likeness (QED) is 0.901. The van der Waals surface area contributed by atoms with Crippen LogP contribution in [0.4, 0.5) is 0 Å². The molecule has 8 heteroatoms. The summed E-state index contributed by atoms with van der Waals surface area (Å²) >= 11 is 0. The van der Waals surface area contributed by atoms with Gasteiger partial charge < -0.3 is 14.2 Å². The van der Waals surface area contributed by atoms with E-state index in [0.717, 1.165) is 12.2 Å². The highest BCUT2D eigenvalue weighted by molar-refractivity contribution is 5.91. The lowest BCUT2D eigenvalue weighted by Crippen LogP contribution is -2.42. The molecule has 3 heterocycles. The van der Waals surface area contributed by atoms with Gasteiger partial charge >= 0.3 is 0 Å². The second-order valence-electron chi connectivity index (χ2n) is 4.94. The average molecular weight is 291 g/mol. The number of amides is 1. The van der Waals surface area contributed by atoms with Crippen LogP contribution in [0.15, 0.2) is 10.6 Å². The van der Waals surface area contributed by atoms with E-state index in [2.05, 4.69) is 20.3 Å². The van der Waals surface area contributed by atoms with Gasteiger partial charge in [-0.15, -0.1) is 0 Å². The molecule has 1 saturated heterocycles. The third-order valence-electron chi connectivity index (χ3n) is 3.36. The number of aromatic amines is 1. The van der Waals surface area contributed by atoms with Crippen LogP contribution in [-0.2, 0) is 11.2 Å². The first-order valence-corrected chi connectivity index (χ1v) is 6.92. The van der Waals surface area contributed by atoms with Crippen molar-refractivity contribution >= 4 is 5.91 Å². The summed E-state index contributed by atoms with van der Waals surface area (Å²) in [5, 5.41) is 10.7. The largest absolute Gasteiger partial charge is 0.366 e. The Hall–Kier alpha value is -2.22. The van der Waals surface area contributed by atoms with E-state index in [1.807, 2.05) is 6.92 Å². The molecule has 1 aliphatic heterocycles. The molecule has 2 aromatic rings. The predicted molar refractivity (Wildman–Crippen MR) is 71.6 cm³/mol. The van der Waals surface area contributed by atoms with Crippen molar-refractivity contribution in [2.45, 2.75) is 26.4 Å². The van der Waals surface area contributed by atoms with Crippen molar-refractivity contribution in [3.05, 3.63) is 29.2 Å². The molecule has 21 heavy (non-hydrogen) atoms. The van der Waals surface area contributed by atoms with Crippen LogP contribution < -0.4 is 0 Å². The SMILES string of the molecule is CCc1nc([C@@H]2CN(C(=O)c3cc(C)no3)CCO2)n[nH]1. The number of aryl methyl sites for hydroxylation is 2. The van der Waals surface area contributed by atoms with Gasteiger partial charge in [0.25, 0.3) is 5.91 Å². The van der Waals surface area contributed by atoms with E-state index in [1.54, 1.807) is 17.9 Å². The Morgan fingerprint density at radius 2 is 2.43 bits per heavy atom. The van der Waals surface area contributed by atoms with Gasteiger partial charge in [0.1, 0.15) is 11.9 Å². The summed E-state index contributed by atoms with van der Waals surface area (Å²) < 4.78 is 10.7. The van der Waals surface area contributed by atoms with Crippen molar-refractivity contribution in [2.75, 3.05) is 19.7 Å². The molecule has 0 bridgehead atoms. The summed E-state index contributed by atoms with van der Waals surface area (Å²) in [6.07, 6.45) is 0.461. The Morgan fingerprint density at radius 1 is 1.57 bits per heavy atom. The molecule has 1 amide bonds. The second-order valence-corrected chi connectivity index (χ2v) is 4.94. The molecule has 1 N–H and O–H groups in total. The normalized spacial score (nSPS) is 19.0. The number of morpholine rings is 1. The van der Waals surface area contributed by atoms with E-state index < -0.39 is 0 Å². The minimum Gasteiger partial charge on any atom is -0.366 e. The standard InChI is InChI=1S/C13H17N5O3/c1-3-11-14-12(16-15-11)10-7-18(4-5-20-10)13(19)9-6-8(2)17-21-9/h6,10H,3-5,7H2,1-2H3,(H,14,15,16)/t10-/m0/s1. The Bertz CT molecular complexity index is 635. The summed E-state index contributed by atoms with van der Waals surface area (Å²) in [5.41, 5.74) is 0.685. The summed E-state index contributed by atoms with van der Waals surface area (Å²) in [6.45, 7) is 5.13. The predicted octanol–water partition coefficient (Wildman–Crippen LogP) is 0.877. The number of hydrogen-bond donors (Lipinski definition) is 1. The fourth-order valence-electron chi connectivity index (χ4n) is 2.22. The number of rotatable bonds is 3. The zero-order valence-corrected chi connectivity index (χ0v) is 12.0. The molecule has 0 saturated carbocycles. The van der Waals surface area contributed by atoms with Gasteiger partial charge in [-0.2, -0.15) is 5.10 Å². The van der Waals surface area contributed by atoms with Crippen LogP contribution in [0, 0.1) is 6.92 Å². The number of nitrogens with one attached hydrogen (secondary N) is 1. The number of H-pyrrole nitrogens is 1. The summed E-state index contributed by atoms with van der Waals surface area (Å²) in [7, 11) is 0. The molecular formula is C13H17N5O3. The van der Waals surface area contributed by atoms with E-state index >= 15 is 0 Å². The maximum atomic E-state index is 12.3. The zero-order chi connectivity index (χ0) is 14.8. The molecule has 1 aliphatic rings. The van der Waals surface area contributed by atoms with Crippen molar-refractivity contribution in [1.29, 1.82) is 0 Å². The van der Waals surface area contributed by atoms with E-state index in [9.17, 15) is 4.79 Å². The van der Waals surface area contributed by atoms with Gasteiger partial charge in [-0.25, -0.2) is 4.98 Å². The van der Waals surface area contributed by atoms with Gasteiger partial charge in [0.2, 0.25) is 5.76 Å². The van der Waals surface area contributed by atoms with E-state index in [0.29, 0.717) is 31.2 Å². The Morgan fingerprint density at radius 3 is 3.10 bits per heavy atom. The molecule has 8 nitrogen and oxygen atoms in total. The molecule has 0 unspecified atom stereocenters. The van der Waals surface area contributed by atoms with E-state index in [1.165, 1.54) is 0 Å². The van der Waals surface area contributed by atoms with Gasteiger partial charge in [0.05, 0.1) is 18.8 Å². The average Bonchev–Trinajstić information content (AvgIpc) is 3.15. The van der Waals surface area contributed by atoms with Crippen LogP contribution in [0.1, 0.15) is 40.9 Å². The van der Waals surface area contributed by atoms with Crippen molar-refractivity contribution in [3.8, 4) is 0 Å². The van der Waals surface area contributed by atoms with Crippen LogP contribution in [0.5, 0.6) is 0 Å². The first-order valence-electron chi connectivity index (χ1n) is 6.92. The van der Waals surface area contributed by atoms with Gasteiger partial charge in [0, 0.05) is 19.0 Å². The molecule has 2 aromatic heterocycles. The molecule has 1 atom stereocenters. The Labute approximate surface area is 121 Å². The van der Waals surface area contributed by atoms with Gasteiger partial charge in [0.15, 0.2) is 5.82 Å². The molecule has 0 aliphatic carbocycles. The number of carbonyl (C=O) groups excluding carboxylic acids is 1. The van der Waals surface area contributed by atoms with Crippen molar-refractivity contribution < 1.29 is 14.1 Å². The second kappa shape index (κ2) is 5.65. The van der Waals surface area contributed by atoms with Crippen molar-refractivity contribution in [3.63, 3.8) is 0 Å². The third kappa shape index (κ3) is 2.80. The molecular weight excluding hydrogens is 274 g/mol. The fourth-order valence-corrected chi connectivity index (χ4v) is 2.22. The highest BCUT2D eigenvalue weighted by Crippen LogP contribution is 2.20. The minimum atomic E-state index is -0.316. The minimum absolute atomic E-state index is 0.185. The van der Waals surface area contributed by atoms with Gasteiger partial charge in [-0.3, -0.25) is 9.89 Å². The Balaban J connectivity index is 1.72. The van der Waals surface area contributed by atoms with E-state index in [4.69, 9.17) is 9.26 Å². The number of carbonyl (C=O) groups is 1. The van der Waals surface area contributed by atoms with Crippen LogP contribution in [0.2, 0.25) is 0 Å². The van der Waals surface area contributed by atoms with Gasteiger partial charge in [-0.1, -0.05) is 12.1 Å². The summed E-state index contributed by atoms with van der Waals surface area (Å²) in [6, 6.07) is 1.63. The van der Waals surface area contributed by atoms with Crippen LogP contribution >= 0.6 is 0 Å². The molecule has 0 aromatic carbocycles. The molecule has 112 valence electrons. The fraction of sp³-hybridized carbons (Fsp3) is 0.538. The number of nitrogens with zero attached hydrogens (tertiary/aromatic N) is 4. The van der Waals surface area contributed by atoms with Crippen LogP contribution in [0.25, 0.3) is 0 Å². The summed E-state index contributed by atoms with van der Waals surface area (Å²) in [5.74, 6) is 1.45. The number of hydrogen-bond acceptors (Lipinski definition) is 6. The first kappa shape index (κ1) is 13.7. The highest BCUT2D eigenvalue weighted by atomic mass is 16.5. The molecule has 0 spiro atoms. The van der Waals surface area contributed by atoms with Crippen molar-refractivity contribution in [1.82, 2.24) is 25.2 Å². The maximum Gasteiger partial charge on any atom is 0.292 e. The lowest BCUT2D eigenvalue weighted by Gasteiger charge is -2.30. The monoisotopic (exact) mass is 291 g/mol. The number of aromatic nitrogens is 4. The summed E-state index contributed by atoms with van der Waals surface area (Å²) in [4.78, 5) is 18.4. The topological polar surface area (TPSA) is 97.1 Å². The third-order valence-corrected chi connectivity index (χ3v) is 3.36. The lowest BCUT2D eigenvalue weighted by atomic mass is 10.2. The number of ether oxygens (including phenoxy) is 1. The zero-order valence-electron chi connectivity index (χ0n) is 12.0. The highest BCUT2D eigenvalue weighted by Gasteiger charge is 2.30. The van der Waals surface area contributed by atoms with Crippen LogP contribution in [-0.4, -0.2) is 50.8 Å². The Kier molecular flexibility index (Phi) is 3.70. The smallest absolute Gasteiger partial charge is 0.292 e. The molecule has 0 radical (unpaired) electrons. The van der Waals surface area contributed by atoms with Crippen molar-refractivity contribution in [2.24, 2.45) is 0 Å². The van der Waals surface area contributed by atoms with Crippen LogP contribution in [0.3, 0.4) is 0 Å².